The van der Waals surface area contributed by atoms with Gasteiger partial charge in [0.2, 0.25) is 0 Å². The molecule has 45 heavy (non-hydrogen) atoms. The van der Waals surface area contributed by atoms with Gasteiger partial charge in [0.1, 0.15) is 0 Å². The van der Waals surface area contributed by atoms with Crippen molar-refractivity contribution in [1.29, 1.82) is 0 Å². The van der Waals surface area contributed by atoms with E-state index >= 15 is 0 Å². The summed E-state index contributed by atoms with van der Waals surface area (Å²) in [6.45, 7) is 48.4. The lowest BCUT2D eigenvalue weighted by Crippen LogP contribution is -2.48. The molecule has 0 saturated carbocycles. The van der Waals surface area contributed by atoms with Crippen LogP contribution >= 0.6 is 0 Å². The van der Waals surface area contributed by atoms with Crippen LogP contribution in [-0.4, -0.2) is 185 Å². The van der Waals surface area contributed by atoms with Crippen LogP contribution in [0.2, 0.25) is 0 Å². The Morgan fingerprint density at radius 1 is 0.356 bits per heavy atom. The molecule has 8 nitrogen and oxygen atoms in total. The second-order valence-corrected chi connectivity index (χ2v) is 11.8. The molecule has 4 aliphatic rings. The molecule has 0 aromatic rings. The average molecular weight is 643 g/mol. The molecule has 0 atom stereocenters. The molecule has 0 radical (unpaired) electrons. The first-order chi connectivity index (χ1) is 22.2. The lowest BCUT2D eigenvalue weighted by Gasteiger charge is -2.36. The monoisotopic (exact) mass is 643 g/mol. The van der Waals surface area contributed by atoms with E-state index in [0.29, 0.717) is 0 Å². The molecular weight excluding hydrogens is 556 g/mol. The highest BCUT2D eigenvalue weighted by molar-refractivity contribution is 4.75. The van der Waals surface area contributed by atoms with Crippen LogP contribution in [0.1, 0.15) is 94.9 Å². The van der Waals surface area contributed by atoms with E-state index in [4.69, 9.17) is 0 Å². The Balaban J connectivity index is 0. The SMILES string of the molecule is CC.CC.CC.CC.CCCN1CCN(CCCN2CCN(C)CC2)CC1.CCCN1CCN(CCCN2CCNCC2)CC1. The first kappa shape index (κ1) is 46.8. The Morgan fingerprint density at radius 2 is 0.600 bits per heavy atom. The number of hydrogen-bond acceptors (Lipinski definition) is 8. The molecule has 8 heteroatoms. The summed E-state index contributed by atoms with van der Waals surface area (Å²) in [7, 11) is 2.23. The highest BCUT2D eigenvalue weighted by Crippen LogP contribution is 2.06. The van der Waals surface area contributed by atoms with Crippen LogP contribution in [0.5, 0.6) is 0 Å². The number of likely N-dealkylation sites (N-methyl/N-ethyl adjacent to an activating group) is 1. The second kappa shape index (κ2) is 35.0. The lowest BCUT2D eigenvalue weighted by atomic mass is 10.2. The molecule has 4 heterocycles. The molecule has 0 aromatic heterocycles. The van der Waals surface area contributed by atoms with E-state index in [1.165, 1.54) is 170 Å². The molecule has 0 unspecified atom stereocenters. The van der Waals surface area contributed by atoms with Gasteiger partial charge in [-0.15, -0.1) is 0 Å². The summed E-state index contributed by atoms with van der Waals surface area (Å²) in [5.74, 6) is 0. The molecule has 0 bridgehead atoms. The topological polar surface area (TPSA) is 34.7 Å². The first-order valence-electron chi connectivity index (χ1n) is 19.9. The Bertz CT molecular complexity index is 537. The quantitative estimate of drug-likeness (QED) is 0.317. The van der Waals surface area contributed by atoms with Gasteiger partial charge >= 0.3 is 0 Å². The van der Waals surface area contributed by atoms with Gasteiger partial charge in [0.25, 0.3) is 0 Å². The molecule has 0 aromatic carbocycles. The normalized spacial score (nSPS) is 20.9. The summed E-state index contributed by atoms with van der Waals surface area (Å²) < 4.78 is 0. The maximum absolute atomic E-state index is 3.41. The van der Waals surface area contributed by atoms with Gasteiger partial charge < -0.3 is 39.6 Å². The van der Waals surface area contributed by atoms with Crippen molar-refractivity contribution in [3.63, 3.8) is 0 Å². The third-order valence-electron chi connectivity index (χ3n) is 8.71. The minimum Gasteiger partial charge on any atom is -0.314 e. The fourth-order valence-electron chi connectivity index (χ4n) is 6.15. The van der Waals surface area contributed by atoms with Crippen LogP contribution in [0.15, 0.2) is 0 Å². The zero-order valence-electron chi connectivity index (χ0n) is 33.0. The van der Waals surface area contributed by atoms with Crippen LogP contribution in [-0.2, 0) is 0 Å². The highest BCUT2D eigenvalue weighted by atomic mass is 15.3. The van der Waals surface area contributed by atoms with E-state index in [1.54, 1.807) is 0 Å². The fourth-order valence-corrected chi connectivity index (χ4v) is 6.15. The average Bonchev–Trinajstić information content (AvgIpc) is 3.12. The van der Waals surface area contributed by atoms with Crippen molar-refractivity contribution in [3.8, 4) is 0 Å². The van der Waals surface area contributed by atoms with Gasteiger partial charge in [-0.3, -0.25) is 0 Å². The van der Waals surface area contributed by atoms with E-state index in [9.17, 15) is 0 Å². The molecule has 4 fully saturated rings. The molecule has 0 amide bonds. The molecule has 1 N–H and O–H groups in total. The van der Waals surface area contributed by atoms with Gasteiger partial charge in [0, 0.05) is 105 Å². The third-order valence-corrected chi connectivity index (χ3v) is 8.71. The first-order valence-corrected chi connectivity index (χ1v) is 19.9. The van der Waals surface area contributed by atoms with Gasteiger partial charge in [-0.1, -0.05) is 69.2 Å². The zero-order valence-corrected chi connectivity index (χ0v) is 33.0. The summed E-state index contributed by atoms with van der Waals surface area (Å²) in [5, 5.41) is 3.41. The van der Waals surface area contributed by atoms with Crippen molar-refractivity contribution in [2.75, 3.05) is 151 Å². The maximum Gasteiger partial charge on any atom is 0.0110 e. The number of hydrogen-bond donors (Lipinski definition) is 1. The van der Waals surface area contributed by atoms with E-state index in [1.807, 2.05) is 55.4 Å². The number of piperazine rings is 4. The van der Waals surface area contributed by atoms with Crippen LogP contribution in [0.25, 0.3) is 0 Å². The number of rotatable bonds is 12. The minimum absolute atomic E-state index is 1.18. The van der Waals surface area contributed by atoms with Gasteiger partial charge in [0.05, 0.1) is 0 Å². The summed E-state index contributed by atoms with van der Waals surface area (Å²) in [6.07, 6.45) is 5.28. The zero-order chi connectivity index (χ0) is 34.1. The Kier molecular flexibility index (Phi) is 36.4. The Morgan fingerprint density at radius 3 is 0.889 bits per heavy atom. The summed E-state index contributed by atoms with van der Waals surface area (Å²) in [4.78, 5) is 18.2. The van der Waals surface area contributed by atoms with Crippen LogP contribution < -0.4 is 5.32 Å². The second-order valence-electron chi connectivity index (χ2n) is 11.8. The van der Waals surface area contributed by atoms with Gasteiger partial charge in [-0.05, 0) is 72.0 Å². The van der Waals surface area contributed by atoms with Crippen molar-refractivity contribution < 1.29 is 0 Å². The van der Waals surface area contributed by atoms with E-state index in [0.717, 1.165) is 0 Å². The van der Waals surface area contributed by atoms with Gasteiger partial charge in [0.15, 0.2) is 0 Å². The minimum atomic E-state index is 1.18. The van der Waals surface area contributed by atoms with Crippen molar-refractivity contribution in [3.05, 3.63) is 0 Å². The summed E-state index contributed by atoms with van der Waals surface area (Å²) >= 11 is 0. The van der Waals surface area contributed by atoms with E-state index in [-0.39, 0.29) is 0 Å². The van der Waals surface area contributed by atoms with Gasteiger partial charge in [-0.25, -0.2) is 0 Å². The largest absolute Gasteiger partial charge is 0.314 e. The van der Waals surface area contributed by atoms with Crippen molar-refractivity contribution >= 4 is 0 Å². The van der Waals surface area contributed by atoms with Crippen LogP contribution in [0.3, 0.4) is 0 Å². The predicted molar refractivity (Wildman–Crippen MR) is 204 cm³/mol. The molecule has 0 aliphatic carbocycles. The molecule has 4 aliphatic heterocycles. The van der Waals surface area contributed by atoms with Crippen LogP contribution in [0, 0.1) is 0 Å². The third kappa shape index (κ3) is 24.5. The van der Waals surface area contributed by atoms with Crippen LogP contribution in [0.4, 0.5) is 0 Å². The number of nitrogens with one attached hydrogen (secondary N) is 1. The molecule has 274 valence electrons. The summed E-state index contributed by atoms with van der Waals surface area (Å²) in [6, 6.07) is 0. The molecule has 4 saturated heterocycles. The fraction of sp³-hybridized carbons (Fsp3) is 1.00. The van der Waals surface area contributed by atoms with E-state index in [2.05, 4.69) is 60.5 Å². The molecule has 0 spiro atoms. The Hall–Kier alpha value is -0.320. The predicted octanol–water partition coefficient (Wildman–Crippen LogP) is 5.07. The molecule has 4 rings (SSSR count). The Labute approximate surface area is 285 Å². The highest BCUT2D eigenvalue weighted by Gasteiger charge is 2.18. The lowest BCUT2D eigenvalue weighted by molar-refractivity contribution is 0.117. The number of nitrogens with zero attached hydrogens (tertiary/aromatic N) is 7. The molecular formula is C37H86N8. The van der Waals surface area contributed by atoms with Crippen molar-refractivity contribution in [1.82, 2.24) is 39.6 Å². The van der Waals surface area contributed by atoms with Crippen molar-refractivity contribution in [2.24, 2.45) is 0 Å². The van der Waals surface area contributed by atoms with E-state index < -0.39 is 0 Å². The summed E-state index contributed by atoms with van der Waals surface area (Å²) in [5.41, 5.74) is 0. The maximum atomic E-state index is 3.41. The van der Waals surface area contributed by atoms with Gasteiger partial charge in [-0.2, -0.15) is 0 Å². The van der Waals surface area contributed by atoms with Crippen molar-refractivity contribution in [2.45, 2.75) is 94.9 Å². The smallest absolute Gasteiger partial charge is 0.0110 e. The standard InChI is InChI=1S/C15H32N4.C14H30N4.4C2H6/c1-3-5-17-12-14-19(15-13-17)7-4-6-18-10-8-16(2)9-11-18;1-2-6-16-11-13-18(14-12-16)8-3-7-17-9-4-15-5-10-17;4*1-2/h3-15H2,1-2H3;15H,2-14H2,1H3;4*1-2H3.